The van der Waals surface area contributed by atoms with Crippen molar-refractivity contribution in [3.8, 4) is 0 Å². The van der Waals surface area contributed by atoms with Crippen molar-refractivity contribution >= 4 is 34.2 Å². The number of piperidine rings is 1. The molecule has 1 heterocycles. The highest BCUT2D eigenvalue weighted by molar-refractivity contribution is 8.13. The molecule has 1 aliphatic heterocycles. The van der Waals surface area contributed by atoms with Crippen molar-refractivity contribution < 1.29 is 4.74 Å². The van der Waals surface area contributed by atoms with Crippen molar-refractivity contribution in [2.45, 2.75) is 85.2 Å². The Labute approximate surface area is 200 Å². The van der Waals surface area contributed by atoms with Crippen molar-refractivity contribution in [2.75, 3.05) is 26.0 Å². The summed E-state index contributed by atoms with van der Waals surface area (Å²) in [7, 11) is 0. The Bertz CT molecular complexity index is 651. The third-order valence-corrected chi connectivity index (χ3v) is 7.33. The van der Waals surface area contributed by atoms with Crippen LogP contribution in [-0.4, -0.2) is 36.0 Å². The fraction of sp³-hybridized carbons (Fsp3) is 0.731. The third-order valence-electron chi connectivity index (χ3n) is 6.38. The van der Waals surface area contributed by atoms with Crippen LogP contribution in [0.1, 0.15) is 84.1 Å². The zero-order chi connectivity index (χ0) is 22.5. The minimum atomic E-state index is 0.563. The van der Waals surface area contributed by atoms with Gasteiger partial charge in [0.25, 0.3) is 0 Å². The van der Waals surface area contributed by atoms with E-state index in [-0.39, 0.29) is 0 Å². The van der Waals surface area contributed by atoms with Crippen molar-refractivity contribution in [2.24, 2.45) is 16.8 Å². The van der Waals surface area contributed by atoms with Gasteiger partial charge in [0.15, 0.2) is 5.17 Å². The standard InChI is InChI=1S/C26H43ClN2OS/c1-5-8-10-21(11-9-6-2)22-14-16-29(17-15-22)26(31-4)28-25-13-12-24(27)19-23(25)20-30-18-7-3/h12-13,19,21-22H,5-11,14-18,20H2,1-4H3. The Morgan fingerprint density at radius 2 is 1.81 bits per heavy atom. The zero-order valence-corrected chi connectivity index (χ0v) is 21.7. The minimum absolute atomic E-state index is 0.563. The van der Waals surface area contributed by atoms with Gasteiger partial charge in [-0.2, -0.15) is 0 Å². The monoisotopic (exact) mass is 466 g/mol. The first kappa shape index (κ1) is 26.5. The number of likely N-dealkylation sites (tertiary alicyclic amines) is 1. The summed E-state index contributed by atoms with van der Waals surface area (Å²) in [6.45, 7) is 10.3. The van der Waals surface area contributed by atoms with Crippen LogP contribution < -0.4 is 0 Å². The van der Waals surface area contributed by atoms with Crippen LogP contribution >= 0.6 is 23.4 Å². The summed E-state index contributed by atoms with van der Waals surface area (Å²) in [4.78, 5) is 7.55. The number of ether oxygens (including phenoxy) is 1. The molecule has 3 nitrogen and oxygen atoms in total. The summed E-state index contributed by atoms with van der Waals surface area (Å²) >= 11 is 8.00. The van der Waals surface area contributed by atoms with E-state index in [0.29, 0.717) is 6.61 Å². The van der Waals surface area contributed by atoms with Gasteiger partial charge in [-0.25, -0.2) is 4.99 Å². The maximum Gasteiger partial charge on any atom is 0.164 e. The topological polar surface area (TPSA) is 24.8 Å². The van der Waals surface area contributed by atoms with Crippen LogP contribution in [0, 0.1) is 11.8 Å². The summed E-state index contributed by atoms with van der Waals surface area (Å²) < 4.78 is 5.78. The maximum atomic E-state index is 6.25. The quantitative estimate of drug-likeness (QED) is 0.176. The Kier molecular flexibility index (Phi) is 13.0. The van der Waals surface area contributed by atoms with Gasteiger partial charge in [0.05, 0.1) is 12.3 Å². The molecule has 0 saturated carbocycles. The zero-order valence-electron chi connectivity index (χ0n) is 20.2. The van der Waals surface area contributed by atoms with Crippen molar-refractivity contribution in [3.63, 3.8) is 0 Å². The molecule has 176 valence electrons. The van der Waals surface area contributed by atoms with Gasteiger partial charge in [-0.15, -0.1) is 0 Å². The molecule has 0 aliphatic carbocycles. The summed E-state index contributed by atoms with van der Waals surface area (Å²) in [5.74, 6) is 1.79. The number of aliphatic imine (C=N–C) groups is 1. The number of rotatable bonds is 12. The van der Waals surface area contributed by atoms with E-state index in [9.17, 15) is 0 Å². The molecule has 0 atom stereocenters. The Morgan fingerprint density at radius 1 is 1.13 bits per heavy atom. The predicted octanol–water partition coefficient (Wildman–Crippen LogP) is 8.33. The van der Waals surface area contributed by atoms with E-state index in [4.69, 9.17) is 21.3 Å². The molecular weight excluding hydrogens is 424 g/mol. The predicted molar refractivity (Wildman–Crippen MR) is 139 cm³/mol. The molecule has 1 fully saturated rings. The van der Waals surface area contributed by atoms with Gasteiger partial charge in [-0.3, -0.25) is 0 Å². The highest BCUT2D eigenvalue weighted by atomic mass is 35.5. The van der Waals surface area contributed by atoms with Crippen LogP contribution in [0.4, 0.5) is 5.69 Å². The number of hydrogen-bond acceptors (Lipinski definition) is 3. The number of hydrogen-bond donors (Lipinski definition) is 0. The number of amidine groups is 1. The molecular formula is C26H43ClN2OS. The average Bonchev–Trinajstić information content (AvgIpc) is 2.79. The Balaban J connectivity index is 2.05. The molecule has 5 heteroatoms. The van der Waals surface area contributed by atoms with Gasteiger partial charge in [-0.1, -0.05) is 82.7 Å². The van der Waals surface area contributed by atoms with Crippen molar-refractivity contribution in [3.05, 3.63) is 28.8 Å². The van der Waals surface area contributed by atoms with Gasteiger partial charge in [0.1, 0.15) is 0 Å². The van der Waals surface area contributed by atoms with E-state index in [1.807, 2.05) is 18.2 Å². The summed E-state index contributed by atoms with van der Waals surface area (Å²) in [5, 5.41) is 1.86. The molecule has 1 saturated heterocycles. The maximum absolute atomic E-state index is 6.25. The first-order valence-electron chi connectivity index (χ1n) is 12.4. The van der Waals surface area contributed by atoms with E-state index in [0.717, 1.165) is 59.4 Å². The van der Waals surface area contributed by atoms with E-state index in [1.54, 1.807) is 11.8 Å². The van der Waals surface area contributed by atoms with E-state index >= 15 is 0 Å². The number of nitrogens with zero attached hydrogens (tertiary/aromatic N) is 2. The molecule has 0 unspecified atom stereocenters. The van der Waals surface area contributed by atoms with Gasteiger partial charge < -0.3 is 9.64 Å². The largest absolute Gasteiger partial charge is 0.377 e. The lowest BCUT2D eigenvalue weighted by atomic mass is 9.79. The van der Waals surface area contributed by atoms with Crippen molar-refractivity contribution in [1.82, 2.24) is 4.90 Å². The molecule has 0 spiro atoms. The molecule has 2 rings (SSSR count). The Morgan fingerprint density at radius 3 is 2.39 bits per heavy atom. The molecule has 0 N–H and O–H groups in total. The second kappa shape index (κ2) is 15.2. The number of halogens is 1. The molecule has 1 aliphatic rings. The molecule has 1 aromatic rings. The molecule has 0 bridgehead atoms. The SMILES string of the molecule is CCCCC(CCCC)C1CCN(C(=Nc2ccc(Cl)cc2COCCC)SC)CC1. The van der Waals surface area contributed by atoms with Gasteiger partial charge >= 0.3 is 0 Å². The first-order valence-corrected chi connectivity index (χ1v) is 14.0. The fourth-order valence-electron chi connectivity index (χ4n) is 4.56. The van der Waals surface area contributed by atoms with Crippen LogP contribution in [0.5, 0.6) is 0 Å². The Hall–Kier alpha value is -0.710. The second-order valence-corrected chi connectivity index (χ2v) is 10.0. The number of benzene rings is 1. The third kappa shape index (κ3) is 8.98. The molecule has 31 heavy (non-hydrogen) atoms. The lowest BCUT2D eigenvalue weighted by molar-refractivity contribution is 0.122. The summed E-state index contributed by atoms with van der Waals surface area (Å²) in [5.41, 5.74) is 2.05. The highest BCUT2D eigenvalue weighted by Gasteiger charge is 2.27. The fourth-order valence-corrected chi connectivity index (χ4v) is 5.39. The molecule has 1 aromatic carbocycles. The van der Waals surface area contributed by atoms with Gasteiger partial charge in [0, 0.05) is 30.3 Å². The summed E-state index contributed by atoms with van der Waals surface area (Å²) in [6.07, 6.45) is 14.0. The average molecular weight is 467 g/mol. The van der Waals surface area contributed by atoms with E-state index < -0.39 is 0 Å². The summed E-state index contributed by atoms with van der Waals surface area (Å²) in [6, 6.07) is 5.95. The van der Waals surface area contributed by atoms with E-state index in [1.165, 1.54) is 51.4 Å². The number of unbranched alkanes of at least 4 members (excludes halogenated alkanes) is 2. The number of thioether (sulfide) groups is 1. The van der Waals surface area contributed by atoms with Crippen LogP contribution in [0.15, 0.2) is 23.2 Å². The second-order valence-electron chi connectivity index (χ2n) is 8.79. The van der Waals surface area contributed by atoms with Gasteiger partial charge in [0.2, 0.25) is 0 Å². The minimum Gasteiger partial charge on any atom is -0.377 e. The molecule has 0 radical (unpaired) electrons. The highest BCUT2D eigenvalue weighted by Crippen LogP contribution is 2.34. The van der Waals surface area contributed by atoms with E-state index in [2.05, 4.69) is 31.9 Å². The van der Waals surface area contributed by atoms with Crippen LogP contribution in [0.2, 0.25) is 5.02 Å². The molecule has 0 amide bonds. The first-order chi connectivity index (χ1) is 15.1. The normalized spacial score (nSPS) is 15.8. The molecule has 0 aromatic heterocycles. The smallest absolute Gasteiger partial charge is 0.164 e. The van der Waals surface area contributed by atoms with Gasteiger partial charge in [-0.05, 0) is 55.6 Å². The van der Waals surface area contributed by atoms with Crippen molar-refractivity contribution in [1.29, 1.82) is 0 Å². The lowest BCUT2D eigenvalue weighted by Gasteiger charge is -2.37. The van der Waals surface area contributed by atoms with Crippen LogP contribution in [-0.2, 0) is 11.3 Å². The van der Waals surface area contributed by atoms with Crippen LogP contribution in [0.25, 0.3) is 0 Å². The lowest BCUT2D eigenvalue weighted by Crippen LogP contribution is -2.39. The van der Waals surface area contributed by atoms with Crippen LogP contribution in [0.3, 0.4) is 0 Å².